The summed E-state index contributed by atoms with van der Waals surface area (Å²) in [5.41, 5.74) is 4.56. The fourth-order valence-corrected chi connectivity index (χ4v) is 1.16. The fraction of sp³-hybridized carbons (Fsp3) is 0.833. The van der Waals surface area contributed by atoms with Crippen molar-refractivity contribution in [1.29, 1.82) is 0 Å². The summed E-state index contributed by atoms with van der Waals surface area (Å²) in [5, 5.41) is 0. The third kappa shape index (κ3) is 8.00. The van der Waals surface area contributed by atoms with Gasteiger partial charge in [0.25, 0.3) is 0 Å². The predicted molar refractivity (Wildman–Crippen MR) is 49.3 cm³/mol. The van der Waals surface area contributed by atoms with Gasteiger partial charge in [-0.25, -0.2) is 9.36 Å². The number of nitrogens with two attached hydrogens (primary N) is 1. The third-order valence-electron chi connectivity index (χ3n) is 1.22. The van der Waals surface area contributed by atoms with Crippen molar-refractivity contribution >= 4 is 13.9 Å². The zero-order valence-corrected chi connectivity index (χ0v) is 9.36. The van der Waals surface area contributed by atoms with E-state index in [-0.39, 0.29) is 6.61 Å². The van der Waals surface area contributed by atoms with Crippen LogP contribution in [0.15, 0.2) is 0 Å². The molecule has 0 aromatic rings. The van der Waals surface area contributed by atoms with Crippen molar-refractivity contribution in [3.8, 4) is 0 Å². The molecule has 8 heteroatoms. The van der Waals surface area contributed by atoms with Crippen molar-refractivity contribution < 1.29 is 27.8 Å². The Balaban J connectivity index is 3.89. The van der Waals surface area contributed by atoms with Crippen LogP contribution in [0.1, 0.15) is 0 Å². The average Bonchev–Trinajstić information content (AvgIpc) is 1.78. The molecule has 0 aliphatic rings. The molecule has 1 amide bonds. The van der Waals surface area contributed by atoms with Crippen LogP contribution in [0, 0.1) is 0 Å². The van der Waals surface area contributed by atoms with Gasteiger partial charge in [0.05, 0.1) is 21.1 Å². The van der Waals surface area contributed by atoms with Crippen molar-refractivity contribution in [2.75, 3.05) is 34.3 Å². The molecule has 1 unspecified atom stereocenters. The molecular formula is C6H16N2O5P+. The van der Waals surface area contributed by atoms with Crippen molar-refractivity contribution in [3.05, 3.63) is 0 Å². The summed E-state index contributed by atoms with van der Waals surface area (Å²) in [6.07, 6.45) is -1.33. The van der Waals surface area contributed by atoms with Gasteiger partial charge in [0.15, 0.2) is 0 Å². The quantitative estimate of drug-likeness (QED) is 0.505. The average molecular weight is 227 g/mol. The number of nitrogens with zero attached hydrogens (tertiary/aromatic N) is 1. The lowest BCUT2D eigenvalue weighted by atomic mass is 10.5. The SMILES string of the molecule is C[N+](C)(C)CCOP(=O)(O)OC(N)=O. The number of rotatable bonds is 5. The molecule has 0 heterocycles. The maximum atomic E-state index is 10.9. The number of phosphoric acid groups is 1. The number of carbonyl (C=O) groups is 1. The number of amides is 1. The molecule has 0 aliphatic carbocycles. The molecule has 84 valence electrons. The summed E-state index contributed by atoms with van der Waals surface area (Å²) < 4.78 is 19.8. The first-order chi connectivity index (χ1) is 6.12. The standard InChI is InChI=1S/C6H15N2O5P/c1-8(2,3)4-5-12-14(10,11)13-6(7)9/h4-5H2,1-3H3,(H2-,7,9,10,11)/p+1. The molecule has 1 atom stereocenters. The molecule has 0 rings (SSSR count). The Kier molecular flexibility index (Phi) is 4.54. The summed E-state index contributed by atoms with van der Waals surface area (Å²) in [5.74, 6) is 0. The minimum atomic E-state index is -4.32. The number of carbonyl (C=O) groups excluding carboxylic acids is 1. The second kappa shape index (κ2) is 4.75. The van der Waals surface area contributed by atoms with Crippen molar-refractivity contribution in [2.45, 2.75) is 0 Å². The molecule has 0 fully saturated rings. The number of quaternary nitrogens is 1. The highest BCUT2D eigenvalue weighted by Crippen LogP contribution is 2.42. The zero-order valence-electron chi connectivity index (χ0n) is 8.47. The van der Waals surface area contributed by atoms with Crippen LogP contribution < -0.4 is 5.73 Å². The number of likely N-dealkylation sites (N-methyl/N-ethyl adjacent to an activating group) is 1. The van der Waals surface area contributed by atoms with E-state index in [0.29, 0.717) is 11.0 Å². The summed E-state index contributed by atoms with van der Waals surface area (Å²) in [4.78, 5) is 19.0. The normalized spacial score (nSPS) is 16.0. The Morgan fingerprint density at radius 1 is 1.50 bits per heavy atom. The van der Waals surface area contributed by atoms with Crippen LogP contribution in [0.25, 0.3) is 0 Å². The first-order valence-corrected chi connectivity index (χ1v) is 5.39. The lowest BCUT2D eigenvalue weighted by Crippen LogP contribution is -2.37. The van der Waals surface area contributed by atoms with Crippen LogP contribution >= 0.6 is 7.82 Å². The van der Waals surface area contributed by atoms with Gasteiger partial charge in [-0.15, -0.1) is 0 Å². The van der Waals surface area contributed by atoms with Crippen LogP contribution in [-0.4, -0.2) is 49.8 Å². The topological polar surface area (TPSA) is 98.8 Å². The van der Waals surface area contributed by atoms with E-state index in [4.69, 9.17) is 4.89 Å². The Hall–Kier alpha value is -0.620. The van der Waals surface area contributed by atoms with E-state index in [1.807, 2.05) is 21.1 Å². The van der Waals surface area contributed by atoms with Gasteiger partial charge in [-0.05, 0) is 0 Å². The minimum absolute atomic E-state index is 0.00452. The third-order valence-corrected chi connectivity index (χ3v) is 2.14. The highest BCUT2D eigenvalue weighted by Gasteiger charge is 2.25. The number of phosphoric ester groups is 1. The van der Waals surface area contributed by atoms with E-state index in [1.165, 1.54) is 0 Å². The largest absolute Gasteiger partial charge is 0.531 e. The smallest absolute Gasteiger partial charge is 0.354 e. The number of hydrogen-bond donors (Lipinski definition) is 2. The van der Waals surface area contributed by atoms with Gasteiger partial charge in [-0.2, -0.15) is 0 Å². The highest BCUT2D eigenvalue weighted by molar-refractivity contribution is 7.48. The molecule has 0 aromatic carbocycles. The monoisotopic (exact) mass is 227 g/mol. The van der Waals surface area contributed by atoms with Crippen LogP contribution in [0.5, 0.6) is 0 Å². The highest BCUT2D eigenvalue weighted by atomic mass is 31.2. The fourth-order valence-electron chi connectivity index (χ4n) is 0.570. The zero-order chi connectivity index (χ0) is 11.4. The summed E-state index contributed by atoms with van der Waals surface area (Å²) in [7, 11) is 1.35. The van der Waals surface area contributed by atoms with Crippen LogP contribution in [0.2, 0.25) is 0 Å². The predicted octanol–water partition coefficient (Wildman–Crippen LogP) is -0.0951. The first kappa shape index (κ1) is 13.4. The maximum absolute atomic E-state index is 10.9. The molecule has 0 bridgehead atoms. The van der Waals surface area contributed by atoms with Gasteiger partial charge >= 0.3 is 13.9 Å². The molecule has 3 N–H and O–H groups in total. The van der Waals surface area contributed by atoms with Gasteiger partial charge in [0.1, 0.15) is 13.2 Å². The van der Waals surface area contributed by atoms with E-state index < -0.39 is 13.9 Å². The van der Waals surface area contributed by atoms with E-state index >= 15 is 0 Å². The van der Waals surface area contributed by atoms with Gasteiger partial charge in [-0.3, -0.25) is 9.42 Å². The Bertz CT molecular complexity index is 249. The Labute approximate surface area is 82.6 Å². The van der Waals surface area contributed by atoms with E-state index in [2.05, 4.69) is 14.8 Å². The summed E-state index contributed by atoms with van der Waals surface area (Å²) >= 11 is 0. The van der Waals surface area contributed by atoms with E-state index in [9.17, 15) is 9.36 Å². The van der Waals surface area contributed by atoms with Crippen molar-refractivity contribution in [2.24, 2.45) is 5.73 Å². The summed E-state index contributed by atoms with van der Waals surface area (Å²) in [6, 6.07) is 0. The summed E-state index contributed by atoms with van der Waals surface area (Å²) in [6.45, 7) is 0.511. The van der Waals surface area contributed by atoms with Gasteiger partial charge in [0, 0.05) is 0 Å². The Morgan fingerprint density at radius 2 is 2.00 bits per heavy atom. The van der Waals surface area contributed by atoms with E-state index in [0.717, 1.165) is 0 Å². The van der Waals surface area contributed by atoms with Gasteiger partial charge < -0.3 is 14.7 Å². The van der Waals surface area contributed by atoms with Crippen molar-refractivity contribution in [1.82, 2.24) is 0 Å². The molecule has 0 spiro atoms. The van der Waals surface area contributed by atoms with Crippen LogP contribution in [0.4, 0.5) is 4.79 Å². The lowest BCUT2D eigenvalue weighted by molar-refractivity contribution is -0.870. The molecule has 14 heavy (non-hydrogen) atoms. The lowest BCUT2D eigenvalue weighted by Gasteiger charge is -2.23. The van der Waals surface area contributed by atoms with Gasteiger partial charge in [0.2, 0.25) is 0 Å². The van der Waals surface area contributed by atoms with Crippen molar-refractivity contribution in [3.63, 3.8) is 0 Å². The number of hydrogen-bond acceptors (Lipinski definition) is 4. The molecular weight excluding hydrogens is 211 g/mol. The van der Waals surface area contributed by atoms with Crippen LogP contribution in [-0.2, 0) is 13.6 Å². The number of primary amides is 1. The second-order valence-corrected chi connectivity index (χ2v) is 5.10. The van der Waals surface area contributed by atoms with Gasteiger partial charge in [-0.1, -0.05) is 0 Å². The van der Waals surface area contributed by atoms with E-state index in [1.54, 1.807) is 0 Å². The Morgan fingerprint density at radius 3 is 2.36 bits per heavy atom. The van der Waals surface area contributed by atoms with Crippen LogP contribution in [0.3, 0.4) is 0 Å². The molecule has 0 radical (unpaired) electrons. The molecule has 7 nitrogen and oxygen atoms in total. The molecule has 0 aliphatic heterocycles. The molecule has 0 saturated heterocycles. The minimum Gasteiger partial charge on any atom is -0.354 e. The molecule has 0 saturated carbocycles. The second-order valence-electron chi connectivity index (χ2n) is 3.73. The maximum Gasteiger partial charge on any atom is 0.531 e. The molecule has 0 aromatic heterocycles. The first-order valence-electron chi connectivity index (χ1n) is 3.89.